The van der Waals surface area contributed by atoms with Crippen molar-refractivity contribution in [3.05, 3.63) is 36.2 Å². The predicted molar refractivity (Wildman–Crippen MR) is 75.3 cm³/mol. The molecule has 1 amide bonds. The quantitative estimate of drug-likeness (QED) is 0.890. The Labute approximate surface area is 117 Å². The summed E-state index contributed by atoms with van der Waals surface area (Å²) in [5.74, 6) is -0.188. The molecule has 1 aromatic heterocycles. The fourth-order valence-corrected chi connectivity index (χ4v) is 2.86. The Hall–Kier alpha value is -2.01. The molecule has 104 valence electrons. The normalized spacial score (nSPS) is 17.2. The monoisotopic (exact) mass is 271 g/mol. The van der Waals surface area contributed by atoms with Crippen LogP contribution in [-0.4, -0.2) is 33.1 Å². The number of aliphatic hydroxyl groups excluding tert-OH is 1. The van der Waals surface area contributed by atoms with E-state index in [1.807, 2.05) is 6.07 Å². The highest BCUT2D eigenvalue weighted by molar-refractivity contribution is 6.04. The Morgan fingerprint density at radius 1 is 1.25 bits per heavy atom. The van der Waals surface area contributed by atoms with Crippen LogP contribution in [0.3, 0.4) is 0 Å². The van der Waals surface area contributed by atoms with Crippen molar-refractivity contribution in [2.24, 2.45) is 0 Å². The van der Waals surface area contributed by atoms with Crippen LogP contribution in [0, 0.1) is 0 Å². The van der Waals surface area contributed by atoms with Crippen LogP contribution in [0.25, 0.3) is 11.0 Å². The van der Waals surface area contributed by atoms with Crippen LogP contribution >= 0.6 is 0 Å². The summed E-state index contributed by atoms with van der Waals surface area (Å²) < 4.78 is 0. The lowest BCUT2D eigenvalue weighted by Gasteiger charge is -2.28. The Kier molecular flexibility index (Phi) is 3.36. The van der Waals surface area contributed by atoms with Gasteiger partial charge in [0.2, 0.25) is 0 Å². The number of amides is 1. The standard InChI is InChI=1S/C15H17N3O2/c19-10-15(6-1-2-7-15)18-14(20)11-4-3-5-12-13(11)17-9-8-16-12/h3-5,8-9,19H,1-2,6-7,10H2,(H,18,20). The number of nitrogens with one attached hydrogen (secondary N) is 1. The molecule has 2 aromatic rings. The van der Waals surface area contributed by atoms with Gasteiger partial charge < -0.3 is 10.4 Å². The lowest BCUT2D eigenvalue weighted by Crippen LogP contribution is -2.49. The van der Waals surface area contributed by atoms with E-state index in [1.165, 1.54) is 0 Å². The van der Waals surface area contributed by atoms with E-state index in [1.54, 1.807) is 24.5 Å². The molecule has 1 aliphatic carbocycles. The molecule has 20 heavy (non-hydrogen) atoms. The lowest BCUT2D eigenvalue weighted by molar-refractivity contribution is 0.0840. The highest BCUT2D eigenvalue weighted by atomic mass is 16.3. The van der Waals surface area contributed by atoms with E-state index < -0.39 is 5.54 Å². The van der Waals surface area contributed by atoms with Crippen LogP contribution in [0.5, 0.6) is 0 Å². The van der Waals surface area contributed by atoms with Crippen LogP contribution in [0.15, 0.2) is 30.6 Å². The van der Waals surface area contributed by atoms with Crippen molar-refractivity contribution in [3.8, 4) is 0 Å². The minimum absolute atomic E-state index is 0.0187. The van der Waals surface area contributed by atoms with Gasteiger partial charge >= 0.3 is 0 Å². The molecule has 3 rings (SSSR count). The summed E-state index contributed by atoms with van der Waals surface area (Å²) >= 11 is 0. The number of aliphatic hydroxyl groups is 1. The maximum absolute atomic E-state index is 12.5. The van der Waals surface area contributed by atoms with E-state index in [2.05, 4.69) is 15.3 Å². The fourth-order valence-electron chi connectivity index (χ4n) is 2.86. The number of carbonyl (C=O) groups is 1. The second-order valence-corrected chi connectivity index (χ2v) is 5.33. The van der Waals surface area contributed by atoms with Crippen molar-refractivity contribution in [2.45, 2.75) is 31.2 Å². The van der Waals surface area contributed by atoms with E-state index in [0.717, 1.165) is 25.7 Å². The zero-order valence-corrected chi connectivity index (χ0v) is 11.2. The topological polar surface area (TPSA) is 75.1 Å². The average molecular weight is 271 g/mol. The molecule has 5 nitrogen and oxygen atoms in total. The summed E-state index contributed by atoms with van der Waals surface area (Å²) in [6.07, 6.45) is 6.91. The first-order chi connectivity index (χ1) is 9.74. The molecule has 2 N–H and O–H groups in total. The number of hydrogen-bond acceptors (Lipinski definition) is 4. The molecule has 5 heteroatoms. The van der Waals surface area contributed by atoms with Crippen molar-refractivity contribution in [2.75, 3.05) is 6.61 Å². The fraction of sp³-hybridized carbons (Fsp3) is 0.400. The number of rotatable bonds is 3. The Balaban J connectivity index is 1.93. The van der Waals surface area contributed by atoms with Gasteiger partial charge in [0.25, 0.3) is 5.91 Å². The average Bonchev–Trinajstić information content (AvgIpc) is 2.95. The molecule has 0 unspecified atom stereocenters. The third-order valence-corrected chi connectivity index (χ3v) is 3.99. The maximum Gasteiger partial charge on any atom is 0.254 e. The van der Waals surface area contributed by atoms with Crippen molar-refractivity contribution in [1.82, 2.24) is 15.3 Å². The molecule has 1 aliphatic rings. The van der Waals surface area contributed by atoms with Gasteiger partial charge in [0.1, 0.15) is 5.52 Å². The van der Waals surface area contributed by atoms with Crippen LogP contribution in [0.1, 0.15) is 36.0 Å². The van der Waals surface area contributed by atoms with Crippen LogP contribution < -0.4 is 5.32 Å². The predicted octanol–water partition coefficient (Wildman–Crippen LogP) is 1.66. The summed E-state index contributed by atoms with van der Waals surface area (Å²) in [7, 11) is 0. The van der Waals surface area contributed by atoms with Crippen molar-refractivity contribution < 1.29 is 9.90 Å². The first-order valence-electron chi connectivity index (χ1n) is 6.87. The zero-order chi connectivity index (χ0) is 14.0. The van der Waals surface area contributed by atoms with Gasteiger partial charge in [0.15, 0.2) is 0 Å². The summed E-state index contributed by atoms with van der Waals surface area (Å²) in [4.78, 5) is 20.9. The van der Waals surface area contributed by atoms with Gasteiger partial charge in [0, 0.05) is 12.4 Å². The number of hydrogen-bond donors (Lipinski definition) is 2. The van der Waals surface area contributed by atoms with Crippen LogP contribution in [0.2, 0.25) is 0 Å². The minimum atomic E-state index is -0.471. The molecule has 0 radical (unpaired) electrons. The number of fused-ring (bicyclic) bond motifs is 1. The minimum Gasteiger partial charge on any atom is -0.394 e. The summed E-state index contributed by atoms with van der Waals surface area (Å²) in [6.45, 7) is -0.0187. The summed E-state index contributed by atoms with van der Waals surface area (Å²) in [5.41, 5.74) is 1.33. The molecule has 1 aromatic carbocycles. The van der Waals surface area contributed by atoms with Gasteiger partial charge in [-0.15, -0.1) is 0 Å². The molecule has 0 atom stereocenters. The van der Waals surface area contributed by atoms with Gasteiger partial charge in [-0.25, -0.2) is 0 Å². The second kappa shape index (κ2) is 5.17. The molecular formula is C15H17N3O2. The van der Waals surface area contributed by atoms with Crippen molar-refractivity contribution in [3.63, 3.8) is 0 Å². The van der Waals surface area contributed by atoms with E-state index in [4.69, 9.17) is 0 Å². The third-order valence-electron chi connectivity index (χ3n) is 3.99. The summed E-state index contributed by atoms with van der Waals surface area (Å²) in [5, 5.41) is 12.6. The molecule has 0 aliphatic heterocycles. The smallest absolute Gasteiger partial charge is 0.254 e. The molecular weight excluding hydrogens is 254 g/mol. The van der Waals surface area contributed by atoms with Crippen LogP contribution in [-0.2, 0) is 0 Å². The van der Waals surface area contributed by atoms with Crippen molar-refractivity contribution >= 4 is 16.9 Å². The van der Waals surface area contributed by atoms with E-state index >= 15 is 0 Å². The molecule has 1 fully saturated rings. The van der Waals surface area contributed by atoms with Gasteiger partial charge in [-0.2, -0.15) is 0 Å². The highest BCUT2D eigenvalue weighted by Crippen LogP contribution is 2.29. The van der Waals surface area contributed by atoms with Gasteiger partial charge in [0.05, 0.1) is 23.2 Å². The van der Waals surface area contributed by atoms with E-state index in [-0.39, 0.29) is 12.5 Å². The third kappa shape index (κ3) is 2.25. The zero-order valence-electron chi connectivity index (χ0n) is 11.2. The van der Waals surface area contributed by atoms with E-state index in [0.29, 0.717) is 16.6 Å². The Bertz CT molecular complexity index is 631. The molecule has 0 spiro atoms. The Morgan fingerprint density at radius 3 is 2.75 bits per heavy atom. The first-order valence-corrected chi connectivity index (χ1v) is 6.87. The molecule has 0 bridgehead atoms. The van der Waals surface area contributed by atoms with E-state index in [9.17, 15) is 9.90 Å². The number of carbonyl (C=O) groups excluding carboxylic acids is 1. The molecule has 0 saturated heterocycles. The number of para-hydroxylation sites is 1. The SMILES string of the molecule is O=C(NC1(CO)CCCC1)c1cccc2nccnc12. The maximum atomic E-state index is 12.5. The largest absolute Gasteiger partial charge is 0.394 e. The number of benzene rings is 1. The highest BCUT2D eigenvalue weighted by Gasteiger charge is 2.35. The number of nitrogens with zero attached hydrogens (tertiary/aromatic N) is 2. The van der Waals surface area contributed by atoms with Crippen LogP contribution in [0.4, 0.5) is 0 Å². The molecule has 1 heterocycles. The number of aromatic nitrogens is 2. The molecule has 1 saturated carbocycles. The van der Waals surface area contributed by atoms with Gasteiger partial charge in [-0.05, 0) is 25.0 Å². The lowest BCUT2D eigenvalue weighted by atomic mass is 9.98. The second-order valence-electron chi connectivity index (χ2n) is 5.33. The Morgan fingerprint density at radius 2 is 2.00 bits per heavy atom. The van der Waals surface area contributed by atoms with Crippen molar-refractivity contribution in [1.29, 1.82) is 0 Å². The van der Waals surface area contributed by atoms with Gasteiger partial charge in [-0.3, -0.25) is 14.8 Å². The first kappa shape index (κ1) is 13.0. The van der Waals surface area contributed by atoms with Gasteiger partial charge in [-0.1, -0.05) is 18.9 Å². The summed E-state index contributed by atoms with van der Waals surface area (Å²) in [6, 6.07) is 5.37.